The number of nitrogens with one attached hydrogen (secondary N) is 2. The van der Waals surface area contributed by atoms with Gasteiger partial charge in [-0.2, -0.15) is 0 Å². The molecule has 0 radical (unpaired) electrons. The lowest BCUT2D eigenvalue weighted by molar-refractivity contribution is -0.125. The summed E-state index contributed by atoms with van der Waals surface area (Å²) in [6.45, 7) is 5.91. The first kappa shape index (κ1) is 27.4. The van der Waals surface area contributed by atoms with Crippen molar-refractivity contribution in [2.24, 2.45) is 0 Å². The molecule has 1 heterocycles. The van der Waals surface area contributed by atoms with Crippen molar-refractivity contribution in [2.75, 3.05) is 66.6 Å². The van der Waals surface area contributed by atoms with Gasteiger partial charge in [0.15, 0.2) is 11.5 Å². The zero-order chi connectivity index (χ0) is 25.6. The maximum Gasteiger partial charge on any atom is 0.234 e. The van der Waals surface area contributed by atoms with Crippen LogP contribution in [-0.4, -0.2) is 88.3 Å². The molecule has 0 aliphatic carbocycles. The van der Waals surface area contributed by atoms with Gasteiger partial charge in [0.1, 0.15) is 6.61 Å². The maximum absolute atomic E-state index is 12.5. The van der Waals surface area contributed by atoms with Gasteiger partial charge >= 0.3 is 0 Å². The summed E-state index contributed by atoms with van der Waals surface area (Å²) in [5.41, 5.74) is 2.02. The molecule has 196 valence electrons. The van der Waals surface area contributed by atoms with Gasteiger partial charge in [0.05, 0.1) is 20.2 Å². The molecule has 36 heavy (non-hydrogen) atoms. The highest BCUT2D eigenvalue weighted by atomic mass is 16.5. The molecule has 0 aromatic heterocycles. The maximum atomic E-state index is 12.5. The highest BCUT2D eigenvalue weighted by molar-refractivity contribution is 5.78. The molecule has 3 rings (SSSR count). The predicted octanol–water partition coefficient (Wildman–Crippen LogP) is 1.66. The standard InChI is InChI=1S/C27H38N4O5/c1-34-16-6-11-28-26(32)19-30-12-14-31(15-13-30)20-27(33)29-18-23-9-10-24(25(17-23)35-2)36-21-22-7-4-3-5-8-22/h3-5,7-10,17H,6,11-16,18-21H2,1-2H3,(H,28,32)(H,29,33). The van der Waals surface area contributed by atoms with Crippen molar-refractivity contribution in [1.82, 2.24) is 20.4 Å². The molecule has 1 saturated heterocycles. The monoisotopic (exact) mass is 498 g/mol. The minimum absolute atomic E-state index is 0.0253. The van der Waals surface area contributed by atoms with Crippen molar-refractivity contribution in [2.45, 2.75) is 19.6 Å². The Balaban J connectivity index is 1.35. The summed E-state index contributed by atoms with van der Waals surface area (Å²) >= 11 is 0. The molecule has 0 saturated carbocycles. The SMILES string of the molecule is COCCCNC(=O)CN1CCN(CC(=O)NCc2ccc(OCc3ccccc3)c(OC)c2)CC1. The Morgan fingerprint density at radius 2 is 1.50 bits per heavy atom. The number of benzene rings is 2. The van der Waals surface area contributed by atoms with E-state index in [2.05, 4.69) is 20.4 Å². The number of piperazine rings is 1. The topological polar surface area (TPSA) is 92.4 Å². The molecule has 9 heteroatoms. The fraction of sp³-hybridized carbons (Fsp3) is 0.481. The van der Waals surface area contributed by atoms with Gasteiger partial charge in [-0.1, -0.05) is 36.4 Å². The summed E-state index contributed by atoms with van der Waals surface area (Å²) in [7, 11) is 3.26. The van der Waals surface area contributed by atoms with Crippen LogP contribution in [0.25, 0.3) is 0 Å². The van der Waals surface area contributed by atoms with E-state index in [-0.39, 0.29) is 11.8 Å². The van der Waals surface area contributed by atoms with E-state index >= 15 is 0 Å². The van der Waals surface area contributed by atoms with Crippen molar-refractivity contribution in [1.29, 1.82) is 0 Å². The lowest BCUT2D eigenvalue weighted by Gasteiger charge is -2.33. The third-order valence-corrected chi connectivity index (χ3v) is 6.00. The average Bonchev–Trinajstić information content (AvgIpc) is 2.90. The number of carbonyl (C=O) groups excluding carboxylic acids is 2. The fourth-order valence-electron chi connectivity index (χ4n) is 3.94. The number of ether oxygens (including phenoxy) is 3. The Morgan fingerprint density at radius 1 is 0.833 bits per heavy atom. The molecule has 2 aromatic carbocycles. The van der Waals surface area contributed by atoms with Crippen LogP contribution in [-0.2, 0) is 27.5 Å². The number of amides is 2. The second-order valence-corrected chi connectivity index (χ2v) is 8.78. The molecule has 1 fully saturated rings. The summed E-state index contributed by atoms with van der Waals surface area (Å²) in [4.78, 5) is 28.8. The molecular weight excluding hydrogens is 460 g/mol. The van der Waals surface area contributed by atoms with Crippen molar-refractivity contribution >= 4 is 11.8 Å². The molecule has 0 atom stereocenters. The van der Waals surface area contributed by atoms with Gasteiger partial charge in [-0.3, -0.25) is 19.4 Å². The third kappa shape index (κ3) is 9.49. The first-order valence-corrected chi connectivity index (χ1v) is 12.4. The van der Waals surface area contributed by atoms with Crippen LogP contribution in [0.15, 0.2) is 48.5 Å². The second kappa shape index (κ2) is 15.1. The van der Waals surface area contributed by atoms with E-state index in [0.29, 0.717) is 50.9 Å². The van der Waals surface area contributed by atoms with Gasteiger partial charge in [0.25, 0.3) is 0 Å². The predicted molar refractivity (Wildman–Crippen MR) is 138 cm³/mol. The quantitative estimate of drug-likeness (QED) is 0.383. The molecule has 9 nitrogen and oxygen atoms in total. The van der Waals surface area contributed by atoms with E-state index in [1.807, 2.05) is 48.5 Å². The number of methoxy groups -OCH3 is 2. The van der Waals surface area contributed by atoms with Crippen LogP contribution in [0, 0.1) is 0 Å². The van der Waals surface area contributed by atoms with E-state index < -0.39 is 0 Å². The van der Waals surface area contributed by atoms with E-state index in [9.17, 15) is 9.59 Å². The molecule has 0 spiro atoms. The average molecular weight is 499 g/mol. The number of rotatable bonds is 14. The minimum atomic E-state index is -0.0253. The van der Waals surface area contributed by atoms with Gasteiger partial charge in [0.2, 0.25) is 11.8 Å². The normalized spacial score (nSPS) is 14.3. The Hall–Kier alpha value is -3.14. The molecule has 2 aromatic rings. The fourth-order valence-corrected chi connectivity index (χ4v) is 3.94. The highest BCUT2D eigenvalue weighted by Crippen LogP contribution is 2.28. The first-order valence-electron chi connectivity index (χ1n) is 12.4. The molecule has 2 amide bonds. The molecule has 2 N–H and O–H groups in total. The molecule has 1 aliphatic rings. The van der Waals surface area contributed by atoms with Crippen LogP contribution < -0.4 is 20.1 Å². The number of nitrogens with zero attached hydrogens (tertiary/aromatic N) is 2. The van der Waals surface area contributed by atoms with Crippen molar-refractivity contribution in [3.05, 3.63) is 59.7 Å². The highest BCUT2D eigenvalue weighted by Gasteiger charge is 2.20. The van der Waals surface area contributed by atoms with Gasteiger partial charge < -0.3 is 24.8 Å². The minimum Gasteiger partial charge on any atom is -0.493 e. The number of hydrogen-bond acceptors (Lipinski definition) is 7. The Bertz CT molecular complexity index is 948. The van der Waals surface area contributed by atoms with E-state index in [1.54, 1.807) is 14.2 Å². The number of hydrogen-bond donors (Lipinski definition) is 2. The van der Waals surface area contributed by atoms with Crippen molar-refractivity contribution in [3.63, 3.8) is 0 Å². The lowest BCUT2D eigenvalue weighted by atomic mass is 10.2. The summed E-state index contributed by atoms with van der Waals surface area (Å²) in [6, 6.07) is 15.6. The Labute approximate surface area is 213 Å². The smallest absolute Gasteiger partial charge is 0.234 e. The summed E-state index contributed by atoms with van der Waals surface area (Å²) in [5.74, 6) is 1.31. The largest absolute Gasteiger partial charge is 0.493 e. The van der Waals surface area contributed by atoms with E-state index in [1.165, 1.54) is 0 Å². The van der Waals surface area contributed by atoms with Crippen LogP contribution in [0.1, 0.15) is 17.5 Å². The van der Waals surface area contributed by atoms with Crippen molar-refractivity contribution < 1.29 is 23.8 Å². The zero-order valence-corrected chi connectivity index (χ0v) is 21.3. The third-order valence-electron chi connectivity index (χ3n) is 6.00. The summed E-state index contributed by atoms with van der Waals surface area (Å²) in [6.07, 6.45) is 0.810. The molecule has 1 aliphatic heterocycles. The van der Waals surface area contributed by atoms with Crippen LogP contribution in [0.4, 0.5) is 0 Å². The zero-order valence-electron chi connectivity index (χ0n) is 21.3. The van der Waals surface area contributed by atoms with E-state index in [4.69, 9.17) is 14.2 Å². The first-order chi connectivity index (χ1) is 17.6. The van der Waals surface area contributed by atoms with E-state index in [0.717, 1.165) is 43.7 Å². The van der Waals surface area contributed by atoms with Crippen LogP contribution in [0.5, 0.6) is 11.5 Å². The van der Waals surface area contributed by atoms with Crippen molar-refractivity contribution in [3.8, 4) is 11.5 Å². The lowest BCUT2D eigenvalue weighted by Crippen LogP contribution is -2.51. The number of carbonyl (C=O) groups is 2. The second-order valence-electron chi connectivity index (χ2n) is 8.78. The molecular formula is C27H38N4O5. The van der Waals surface area contributed by atoms with Crippen LogP contribution >= 0.6 is 0 Å². The molecule has 0 unspecified atom stereocenters. The Morgan fingerprint density at radius 3 is 2.14 bits per heavy atom. The molecule has 0 bridgehead atoms. The van der Waals surface area contributed by atoms with Gasteiger partial charge in [0, 0.05) is 53.0 Å². The summed E-state index contributed by atoms with van der Waals surface area (Å²) < 4.78 is 16.4. The van der Waals surface area contributed by atoms with Gasteiger partial charge in [-0.15, -0.1) is 0 Å². The Kier molecular flexibility index (Phi) is 11.5. The van der Waals surface area contributed by atoms with Crippen LogP contribution in [0.2, 0.25) is 0 Å². The van der Waals surface area contributed by atoms with Gasteiger partial charge in [-0.05, 0) is 29.7 Å². The van der Waals surface area contributed by atoms with Gasteiger partial charge in [-0.25, -0.2) is 0 Å². The summed E-state index contributed by atoms with van der Waals surface area (Å²) in [5, 5.41) is 5.90. The van der Waals surface area contributed by atoms with Crippen LogP contribution in [0.3, 0.4) is 0 Å².